The van der Waals surface area contributed by atoms with Crippen molar-refractivity contribution in [1.82, 2.24) is 0 Å². The molecule has 10 heteroatoms. The van der Waals surface area contributed by atoms with E-state index in [0.29, 0.717) is 10.6 Å². The number of nitrogens with zero attached hydrogens (tertiary/aromatic N) is 2. The van der Waals surface area contributed by atoms with Gasteiger partial charge in [-0.25, -0.2) is 8.42 Å². The van der Waals surface area contributed by atoms with E-state index in [0.717, 1.165) is 10.6 Å². The number of hydrogen-bond acceptors (Lipinski definition) is 6. The fourth-order valence-corrected chi connectivity index (χ4v) is 3.36. The van der Waals surface area contributed by atoms with Crippen LogP contribution in [0.1, 0.15) is 18.6 Å². The van der Waals surface area contributed by atoms with Gasteiger partial charge in [0.15, 0.2) is 0 Å². The molecule has 0 aromatic heterocycles. The maximum absolute atomic E-state index is 12.3. The Morgan fingerprint density at radius 3 is 2.52 bits per heavy atom. The number of carbonyl (C=O) groups excluding carboxylic acids is 1. The van der Waals surface area contributed by atoms with E-state index < -0.39 is 33.6 Å². The lowest BCUT2D eigenvalue weighted by Crippen LogP contribution is -2.36. The van der Waals surface area contributed by atoms with E-state index in [2.05, 4.69) is 0 Å². The fraction of sp³-hybridized carbons (Fsp3) is 0.235. The third-order valence-electron chi connectivity index (χ3n) is 3.63. The molecule has 0 fully saturated rings. The van der Waals surface area contributed by atoms with Crippen molar-refractivity contribution in [3.63, 3.8) is 0 Å². The lowest BCUT2D eigenvalue weighted by atomic mass is 10.1. The van der Waals surface area contributed by atoms with Crippen molar-refractivity contribution in [1.29, 1.82) is 0 Å². The largest absolute Gasteiger partial charge is 0.456 e. The number of anilines is 1. The SMILES string of the molecule is C[C@H](OC(=O)CN(c1cccc(Cl)c1)S(C)(=O)=O)c1cccc([N+](=O)[O-])c1. The molecule has 27 heavy (non-hydrogen) atoms. The van der Waals surface area contributed by atoms with Gasteiger partial charge < -0.3 is 4.74 Å². The standard InChI is InChI=1S/C17H17ClN2O6S/c1-12(13-5-3-8-16(9-13)20(22)23)26-17(21)11-19(27(2,24)25)15-7-4-6-14(18)10-15/h3-10,12H,11H2,1-2H3/t12-/m0/s1. The molecule has 2 aromatic carbocycles. The molecular formula is C17H17ClN2O6S. The van der Waals surface area contributed by atoms with Crippen molar-refractivity contribution >= 4 is 39.0 Å². The molecule has 2 rings (SSSR count). The summed E-state index contributed by atoms with van der Waals surface area (Å²) in [5, 5.41) is 11.2. The molecule has 0 N–H and O–H groups in total. The summed E-state index contributed by atoms with van der Waals surface area (Å²) in [6, 6.07) is 11.7. The first-order valence-electron chi connectivity index (χ1n) is 7.75. The minimum absolute atomic E-state index is 0.132. The fourth-order valence-electron chi connectivity index (χ4n) is 2.34. The summed E-state index contributed by atoms with van der Waals surface area (Å²) >= 11 is 5.89. The normalized spacial score (nSPS) is 12.3. The molecule has 0 heterocycles. The first-order valence-corrected chi connectivity index (χ1v) is 9.97. The average Bonchev–Trinajstić information content (AvgIpc) is 2.58. The maximum atomic E-state index is 12.3. The smallest absolute Gasteiger partial charge is 0.327 e. The molecule has 0 spiro atoms. The first-order chi connectivity index (χ1) is 12.6. The Kier molecular flexibility index (Phi) is 6.40. The third kappa shape index (κ3) is 5.66. The predicted octanol–water partition coefficient (Wildman–Crippen LogP) is 3.32. The molecule has 0 saturated heterocycles. The summed E-state index contributed by atoms with van der Waals surface area (Å²) < 4.78 is 30.2. The zero-order valence-corrected chi connectivity index (χ0v) is 16.1. The molecule has 0 amide bonds. The molecule has 0 bridgehead atoms. The lowest BCUT2D eigenvalue weighted by Gasteiger charge is -2.23. The number of ether oxygens (including phenoxy) is 1. The molecule has 0 unspecified atom stereocenters. The van der Waals surface area contributed by atoms with Crippen LogP contribution in [0.3, 0.4) is 0 Å². The van der Waals surface area contributed by atoms with Crippen molar-refractivity contribution in [2.75, 3.05) is 17.1 Å². The van der Waals surface area contributed by atoms with Gasteiger partial charge in [-0.3, -0.25) is 19.2 Å². The number of esters is 1. The number of non-ortho nitro benzene ring substituents is 1. The second kappa shape index (κ2) is 8.36. The molecule has 0 aliphatic heterocycles. The van der Waals surface area contributed by atoms with Crippen LogP contribution in [0.5, 0.6) is 0 Å². The highest BCUT2D eigenvalue weighted by atomic mass is 35.5. The summed E-state index contributed by atoms with van der Waals surface area (Å²) in [5.41, 5.74) is 0.517. The molecule has 144 valence electrons. The highest BCUT2D eigenvalue weighted by Crippen LogP contribution is 2.24. The summed E-state index contributed by atoms with van der Waals surface area (Å²) in [6.45, 7) is 0.986. The highest BCUT2D eigenvalue weighted by Gasteiger charge is 2.23. The Bertz CT molecular complexity index is 963. The van der Waals surface area contributed by atoms with Crippen LogP contribution < -0.4 is 4.31 Å². The van der Waals surface area contributed by atoms with Gasteiger partial charge in [-0.2, -0.15) is 0 Å². The monoisotopic (exact) mass is 412 g/mol. The minimum atomic E-state index is -3.76. The number of nitro groups is 1. The second-order valence-corrected chi connectivity index (χ2v) is 8.08. The van der Waals surface area contributed by atoms with Crippen LogP contribution in [0.4, 0.5) is 11.4 Å². The van der Waals surface area contributed by atoms with E-state index in [4.69, 9.17) is 16.3 Å². The van der Waals surface area contributed by atoms with Crippen LogP contribution in [0.15, 0.2) is 48.5 Å². The number of rotatable bonds is 7. The van der Waals surface area contributed by atoms with E-state index in [1.165, 1.54) is 30.3 Å². The molecule has 0 aliphatic rings. The van der Waals surface area contributed by atoms with Gasteiger partial charge in [0.25, 0.3) is 5.69 Å². The number of carbonyl (C=O) groups is 1. The van der Waals surface area contributed by atoms with Gasteiger partial charge >= 0.3 is 5.97 Å². The Morgan fingerprint density at radius 2 is 1.93 bits per heavy atom. The van der Waals surface area contributed by atoms with E-state index in [1.807, 2.05) is 0 Å². The van der Waals surface area contributed by atoms with Crippen LogP contribution in [-0.2, 0) is 19.6 Å². The Hall–Kier alpha value is -2.65. The summed E-state index contributed by atoms with van der Waals surface area (Å²) in [7, 11) is -3.76. The Balaban J connectivity index is 2.16. The van der Waals surface area contributed by atoms with Gasteiger partial charge in [0.2, 0.25) is 10.0 Å². The predicted molar refractivity (Wildman–Crippen MR) is 101 cm³/mol. The van der Waals surface area contributed by atoms with Crippen LogP contribution in [0.2, 0.25) is 5.02 Å². The van der Waals surface area contributed by atoms with Gasteiger partial charge in [-0.15, -0.1) is 0 Å². The van der Waals surface area contributed by atoms with Gasteiger partial charge in [-0.1, -0.05) is 29.8 Å². The van der Waals surface area contributed by atoms with Crippen LogP contribution in [-0.4, -0.2) is 32.1 Å². The number of benzene rings is 2. The second-order valence-electron chi connectivity index (χ2n) is 5.73. The number of sulfonamides is 1. The lowest BCUT2D eigenvalue weighted by molar-refractivity contribution is -0.385. The molecule has 0 aliphatic carbocycles. The molecule has 8 nitrogen and oxygen atoms in total. The van der Waals surface area contributed by atoms with Crippen LogP contribution in [0.25, 0.3) is 0 Å². The van der Waals surface area contributed by atoms with E-state index in [9.17, 15) is 23.3 Å². The Morgan fingerprint density at radius 1 is 1.26 bits per heavy atom. The van der Waals surface area contributed by atoms with Gasteiger partial charge in [0.05, 0.1) is 16.9 Å². The third-order valence-corrected chi connectivity index (χ3v) is 5.00. The Labute approximate surface area is 161 Å². The summed E-state index contributed by atoms with van der Waals surface area (Å²) in [4.78, 5) is 22.6. The summed E-state index contributed by atoms with van der Waals surface area (Å²) in [6.07, 6.45) is 0.170. The molecular weight excluding hydrogens is 396 g/mol. The maximum Gasteiger partial charge on any atom is 0.327 e. The molecule has 0 saturated carbocycles. The van der Waals surface area contributed by atoms with E-state index >= 15 is 0 Å². The van der Waals surface area contributed by atoms with Crippen molar-refractivity contribution in [2.45, 2.75) is 13.0 Å². The molecule has 2 aromatic rings. The average molecular weight is 413 g/mol. The number of halogens is 1. The van der Waals surface area contributed by atoms with Crippen molar-refractivity contribution < 1.29 is 22.9 Å². The van der Waals surface area contributed by atoms with Crippen LogP contribution >= 0.6 is 11.6 Å². The van der Waals surface area contributed by atoms with Crippen molar-refractivity contribution in [3.8, 4) is 0 Å². The molecule has 1 atom stereocenters. The zero-order chi connectivity index (χ0) is 20.2. The van der Waals surface area contributed by atoms with Gasteiger partial charge in [0, 0.05) is 17.2 Å². The first kappa shape index (κ1) is 20.7. The van der Waals surface area contributed by atoms with Gasteiger partial charge in [-0.05, 0) is 30.7 Å². The van der Waals surface area contributed by atoms with E-state index in [1.54, 1.807) is 25.1 Å². The van der Waals surface area contributed by atoms with Crippen molar-refractivity contribution in [3.05, 3.63) is 69.2 Å². The topological polar surface area (TPSA) is 107 Å². The zero-order valence-electron chi connectivity index (χ0n) is 14.5. The van der Waals surface area contributed by atoms with Crippen molar-refractivity contribution in [2.24, 2.45) is 0 Å². The highest BCUT2D eigenvalue weighted by molar-refractivity contribution is 7.92. The summed E-state index contributed by atoms with van der Waals surface area (Å²) in [5.74, 6) is -0.806. The van der Waals surface area contributed by atoms with Crippen LogP contribution in [0, 0.1) is 10.1 Å². The van der Waals surface area contributed by atoms with Gasteiger partial charge in [0.1, 0.15) is 12.6 Å². The number of hydrogen-bond donors (Lipinski definition) is 0. The molecule has 0 radical (unpaired) electrons. The van der Waals surface area contributed by atoms with E-state index in [-0.39, 0.29) is 11.4 Å². The quantitative estimate of drug-likeness (QED) is 0.392. The number of nitro benzene ring substituents is 1. The minimum Gasteiger partial charge on any atom is -0.456 e.